The van der Waals surface area contributed by atoms with Crippen molar-refractivity contribution >= 4 is 5.69 Å². The standard InChI is InChI=1S/C13H17N3/c1-13(5-7-15-8-6-13)16-12-4-2-3-11(9-12)10-14/h2-4,9,15-16H,5-8H2,1H3. The molecular weight excluding hydrogens is 198 g/mol. The molecule has 0 atom stereocenters. The first-order valence-electron chi connectivity index (χ1n) is 5.71. The lowest BCUT2D eigenvalue weighted by Crippen LogP contribution is -2.45. The second-order valence-electron chi connectivity index (χ2n) is 4.63. The molecule has 3 heteroatoms. The van der Waals surface area contributed by atoms with Crippen molar-refractivity contribution in [3.63, 3.8) is 0 Å². The van der Waals surface area contributed by atoms with Crippen LogP contribution in [0.25, 0.3) is 0 Å². The molecule has 0 spiro atoms. The van der Waals surface area contributed by atoms with Crippen molar-refractivity contribution in [2.24, 2.45) is 0 Å². The van der Waals surface area contributed by atoms with Gasteiger partial charge in [0.2, 0.25) is 0 Å². The van der Waals surface area contributed by atoms with E-state index in [1.807, 2.05) is 24.3 Å². The molecule has 0 radical (unpaired) electrons. The molecule has 0 saturated carbocycles. The third-order valence-corrected chi connectivity index (χ3v) is 3.14. The first-order valence-corrected chi connectivity index (χ1v) is 5.71. The number of anilines is 1. The molecule has 3 nitrogen and oxygen atoms in total. The predicted molar refractivity (Wildman–Crippen MR) is 65.3 cm³/mol. The molecule has 0 aromatic heterocycles. The number of nitriles is 1. The molecule has 2 rings (SSSR count). The van der Waals surface area contributed by atoms with Crippen molar-refractivity contribution in [1.82, 2.24) is 5.32 Å². The summed E-state index contributed by atoms with van der Waals surface area (Å²) >= 11 is 0. The number of rotatable bonds is 2. The zero-order valence-electron chi connectivity index (χ0n) is 9.59. The van der Waals surface area contributed by atoms with E-state index in [1.54, 1.807) is 0 Å². The first kappa shape index (κ1) is 11.0. The van der Waals surface area contributed by atoms with E-state index in [-0.39, 0.29) is 5.54 Å². The van der Waals surface area contributed by atoms with Gasteiger partial charge in [-0.15, -0.1) is 0 Å². The quantitative estimate of drug-likeness (QED) is 0.794. The van der Waals surface area contributed by atoms with Gasteiger partial charge in [0.1, 0.15) is 0 Å². The average Bonchev–Trinajstić information content (AvgIpc) is 2.29. The van der Waals surface area contributed by atoms with Crippen molar-refractivity contribution < 1.29 is 0 Å². The minimum atomic E-state index is 0.152. The molecule has 84 valence electrons. The average molecular weight is 215 g/mol. The van der Waals surface area contributed by atoms with Crippen molar-refractivity contribution in [3.05, 3.63) is 29.8 Å². The molecule has 1 aromatic carbocycles. The van der Waals surface area contributed by atoms with Crippen LogP contribution in [0, 0.1) is 11.3 Å². The van der Waals surface area contributed by atoms with Crippen molar-refractivity contribution in [3.8, 4) is 6.07 Å². The molecule has 0 unspecified atom stereocenters. The van der Waals surface area contributed by atoms with E-state index in [2.05, 4.69) is 23.6 Å². The summed E-state index contributed by atoms with van der Waals surface area (Å²) in [5, 5.41) is 15.7. The van der Waals surface area contributed by atoms with Gasteiger partial charge in [-0.3, -0.25) is 0 Å². The van der Waals surface area contributed by atoms with Crippen LogP contribution in [-0.2, 0) is 0 Å². The Morgan fingerprint density at radius 1 is 1.38 bits per heavy atom. The van der Waals surface area contributed by atoms with E-state index in [4.69, 9.17) is 5.26 Å². The molecule has 0 amide bonds. The van der Waals surface area contributed by atoms with Crippen LogP contribution in [0.15, 0.2) is 24.3 Å². The van der Waals surface area contributed by atoms with Gasteiger partial charge >= 0.3 is 0 Å². The van der Waals surface area contributed by atoms with Gasteiger partial charge in [0.25, 0.3) is 0 Å². The number of nitrogens with zero attached hydrogens (tertiary/aromatic N) is 1. The number of piperidine rings is 1. The van der Waals surface area contributed by atoms with Gasteiger partial charge in [0.15, 0.2) is 0 Å². The molecule has 1 saturated heterocycles. The maximum absolute atomic E-state index is 8.84. The van der Waals surface area contributed by atoms with Crippen molar-refractivity contribution in [2.45, 2.75) is 25.3 Å². The van der Waals surface area contributed by atoms with Gasteiger partial charge in [-0.2, -0.15) is 5.26 Å². The minimum absolute atomic E-state index is 0.152. The highest BCUT2D eigenvalue weighted by Crippen LogP contribution is 2.24. The Labute approximate surface area is 96.5 Å². The molecule has 0 aliphatic carbocycles. The normalized spacial score (nSPS) is 18.8. The SMILES string of the molecule is CC1(Nc2cccc(C#N)c2)CCNCC1. The molecule has 2 N–H and O–H groups in total. The maximum Gasteiger partial charge on any atom is 0.0992 e. The summed E-state index contributed by atoms with van der Waals surface area (Å²) in [6, 6.07) is 9.85. The number of hydrogen-bond donors (Lipinski definition) is 2. The van der Waals surface area contributed by atoms with E-state index in [1.165, 1.54) is 0 Å². The summed E-state index contributed by atoms with van der Waals surface area (Å²) in [7, 11) is 0. The summed E-state index contributed by atoms with van der Waals surface area (Å²) in [6.07, 6.45) is 2.23. The molecule has 0 bridgehead atoms. The van der Waals surface area contributed by atoms with E-state index in [9.17, 15) is 0 Å². The van der Waals surface area contributed by atoms with Crippen LogP contribution in [0.4, 0.5) is 5.69 Å². The van der Waals surface area contributed by atoms with E-state index >= 15 is 0 Å². The Bertz CT molecular complexity index is 400. The van der Waals surface area contributed by atoms with E-state index in [0.717, 1.165) is 31.6 Å². The summed E-state index contributed by atoms with van der Waals surface area (Å²) < 4.78 is 0. The fourth-order valence-electron chi connectivity index (χ4n) is 2.12. The van der Waals surface area contributed by atoms with Crippen LogP contribution in [0.2, 0.25) is 0 Å². The van der Waals surface area contributed by atoms with Gasteiger partial charge in [0, 0.05) is 11.2 Å². The summed E-state index contributed by atoms with van der Waals surface area (Å²) in [5.74, 6) is 0. The Balaban J connectivity index is 2.10. The van der Waals surface area contributed by atoms with Crippen molar-refractivity contribution in [1.29, 1.82) is 5.26 Å². The second kappa shape index (κ2) is 4.54. The summed E-state index contributed by atoms with van der Waals surface area (Å²) in [4.78, 5) is 0. The van der Waals surface area contributed by atoms with Crippen molar-refractivity contribution in [2.75, 3.05) is 18.4 Å². The van der Waals surface area contributed by atoms with Crippen LogP contribution >= 0.6 is 0 Å². The highest BCUT2D eigenvalue weighted by atomic mass is 15.0. The van der Waals surface area contributed by atoms with E-state index < -0.39 is 0 Å². The fourth-order valence-corrected chi connectivity index (χ4v) is 2.12. The van der Waals surface area contributed by atoms with E-state index in [0.29, 0.717) is 5.56 Å². The second-order valence-corrected chi connectivity index (χ2v) is 4.63. The lowest BCUT2D eigenvalue weighted by atomic mass is 9.90. The monoisotopic (exact) mass is 215 g/mol. The highest BCUT2D eigenvalue weighted by Gasteiger charge is 2.26. The third-order valence-electron chi connectivity index (χ3n) is 3.14. The zero-order valence-corrected chi connectivity index (χ0v) is 9.59. The Hall–Kier alpha value is -1.53. The van der Waals surface area contributed by atoms with Gasteiger partial charge in [-0.05, 0) is 51.1 Å². The molecule has 16 heavy (non-hydrogen) atoms. The van der Waals surface area contributed by atoms with Crippen LogP contribution in [-0.4, -0.2) is 18.6 Å². The minimum Gasteiger partial charge on any atom is -0.380 e. The van der Waals surface area contributed by atoms with Crippen LogP contribution < -0.4 is 10.6 Å². The lowest BCUT2D eigenvalue weighted by Gasteiger charge is -2.36. The van der Waals surface area contributed by atoms with Gasteiger partial charge in [-0.1, -0.05) is 6.07 Å². The third kappa shape index (κ3) is 2.53. The largest absolute Gasteiger partial charge is 0.380 e. The van der Waals surface area contributed by atoms with Gasteiger partial charge < -0.3 is 10.6 Å². The first-order chi connectivity index (χ1) is 7.72. The molecule has 1 aromatic rings. The zero-order chi connectivity index (χ0) is 11.4. The molecule has 1 aliphatic rings. The lowest BCUT2D eigenvalue weighted by molar-refractivity contribution is 0.365. The Kier molecular flexibility index (Phi) is 3.12. The molecule has 1 aliphatic heterocycles. The summed E-state index contributed by atoms with van der Waals surface area (Å²) in [5.41, 5.74) is 1.91. The Morgan fingerprint density at radius 2 is 2.12 bits per heavy atom. The fraction of sp³-hybridized carbons (Fsp3) is 0.462. The molecule has 1 fully saturated rings. The van der Waals surface area contributed by atoms with Crippen LogP contribution in [0.3, 0.4) is 0 Å². The molecule has 1 heterocycles. The van der Waals surface area contributed by atoms with Crippen LogP contribution in [0.5, 0.6) is 0 Å². The number of hydrogen-bond acceptors (Lipinski definition) is 3. The molecular formula is C13H17N3. The van der Waals surface area contributed by atoms with Gasteiger partial charge in [0.05, 0.1) is 11.6 Å². The number of nitrogens with one attached hydrogen (secondary N) is 2. The number of benzene rings is 1. The topological polar surface area (TPSA) is 47.9 Å². The Morgan fingerprint density at radius 3 is 2.81 bits per heavy atom. The highest BCUT2D eigenvalue weighted by molar-refractivity contribution is 5.50. The predicted octanol–water partition coefficient (Wildman–Crippen LogP) is 2.11. The maximum atomic E-state index is 8.84. The smallest absolute Gasteiger partial charge is 0.0992 e. The summed E-state index contributed by atoms with van der Waals surface area (Å²) in [6.45, 7) is 4.36. The van der Waals surface area contributed by atoms with Gasteiger partial charge in [-0.25, -0.2) is 0 Å². The van der Waals surface area contributed by atoms with Crippen LogP contribution in [0.1, 0.15) is 25.3 Å².